The maximum Gasteiger partial charge on any atom is 0.130 e. The predicted octanol–water partition coefficient (Wildman–Crippen LogP) is 4.43. The number of halogens is 1. The number of rotatable bonds is 3. The van der Waals surface area contributed by atoms with E-state index in [1.807, 2.05) is 6.07 Å². The Morgan fingerprint density at radius 3 is 2.86 bits per heavy atom. The van der Waals surface area contributed by atoms with Crippen LogP contribution in [0.1, 0.15) is 35.6 Å². The number of hydrogen-bond acceptors (Lipinski definition) is 2. The Balaban J connectivity index is 1.93. The molecule has 2 nitrogen and oxygen atoms in total. The summed E-state index contributed by atoms with van der Waals surface area (Å²) >= 11 is 11.1. The molecule has 21 heavy (non-hydrogen) atoms. The van der Waals surface area contributed by atoms with Gasteiger partial charge < -0.3 is 10.5 Å². The Kier molecular flexibility index (Phi) is 4.13. The summed E-state index contributed by atoms with van der Waals surface area (Å²) in [6.07, 6.45) is 3.27. The van der Waals surface area contributed by atoms with Gasteiger partial charge in [0.25, 0.3) is 0 Å². The number of ether oxygens (including phenoxy) is 1. The van der Waals surface area contributed by atoms with Crippen LogP contribution in [0.2, 0.25) is 5.02 Å². The van der Waals surface area contributed by atoms with Crippen LogP contribution in [0, 0.1) is 0 Å². The molecule has 2 aromatic rings. The highest BCUT2D eigenvalue weighted by molar-refractivity contribution is 7.80. The summed E-state index contributed by atoms with van der Waals surface area (Å²) in [5, 5.41) is 0.606. The number of aryl methyl sites for hydroxylation is 1. The molecule has 1 atom stereocenters. The number of nitrogens with two attached hydrogens (primary N) is 1. The molecule has 1 aliphatic carbocycles. The smallest absolute Gasteiger partial charge is 0.130 e. The molecule has 1 unspecified atom stereocenters. The average molecular weight is 318 g/mol. The van der Waals surface area contributed by atoms with E-state index in [0.29, 0.717) is 21.3 Å². The summed E-state index contributed by atoms with van der Waals surface area (Å²) in [6.45, 7) is 0. The van der Waals surface area contributed by atoms with Gasteiger partial charge in [-0.05, 0) is 48.6 Å². The summed E-state index contributed by atoms with van der Waals surface area (Å²) in [5.74, 6) is 0.702. The van der Waals surface area contributed by atoms with Crippen molar-refractivity contribution in [1.82, 2.24) is 0 Å². The summed E-state index contributed by atoms with van der Waals surface area (Å²) in [5.41, 5.74) is 9.09. The third kappa shape index (κ3) is 3.04. The van der Waals surface area contributed by atoms with E-state index >= 15 is 0 Å². The minimum absolute atomic E-state index is 0.0456. The second-order valence-electron chi connectivity index (χ2n) is 5.20. The fourth-order valence-corrected chi connectivity index (χ4v) is 3.11. The molecule has 0 spiro atoms. The summed E-state index contributed by atoms with van der Waals surface area (Å²) in [4.78, 5) is 0.302. The zero-order chi connectivity index (χ0) is 14.8. The topological polar surface area (TPSA) is 35.2 Å². The zero-order valence-corrected chi connectivity index (χ0v) is 13.1. The molecule has 0 aromatic heterocycles. The molecule has 1 aliphatic rings. The maximum atomic E-state index is 6.20. The normalized spacial score (nSPS) is 17.1. The van der Waals surface area contributed by atoms with Gasteiger partial charge in [0, 0.05) is 5.02 Å². The van der Waals surface area contributed by atoms with Gasteiger partial charge in [-0.1, -0.05) is 48.1 Å². The molecule has 0 amide bonds. The highest BCUT2D eigenvalue weighted by Gasteiger charge is 2.22. The summed E-state index contributed by atoms with van der Waals surface area (Å²) in [7, 11) is 0. The zero-order valence-electron chi connectivity index (χ0n) is 11.5. The van der Waals surface area contributed by atoms with Crippen LogP contribution in [-0.4, -0.2) is 4.99 Å². The van der Waals surface area contributed by atoms with Crippen molar-refractivity contribution in [2.75, 3.05) is 0 Å². The second-order valence-corrected chi connectivity index (χ2v) is 6.08. The van der Waals surface area contributed by atoms with Gasteiger partial charge >= 0.3 is 0 Å². The quantitative estimate of drug-likeness (QED) is 0.850. The van der Waals surface area contributed by atoms with E-state index in [4.69, 9.17) is 34.3 Å². The number of hydrogen-bond donors (Lipinski definition) is 1. The van der Waals surface area contributed by atoms with Crippen LogP contribution in [0.25, 0.3) is 0 Å². The number of thiocarbonyl (C=S) groups is 1. The molecule has 0 saturated carbocycles. The van der Waals surface area contributed by atoms with Crippen molar-refractivity contribution in [2.24, 2.45) is 5.73 Å². The third-order valence-electron chi connectivity index (χ3n) is 3.79. The van der Waals surface area contributed by atoms with Crippen LogP contribution in [-0.2, 0) is 6.42 Å². The Morgan fingerprint density at radius 2 is 2.05 bits per heavy atom. The molecule has 0 radical (unpaired) electrons. The Morgan fingerprint density at radius 1 is 1.24 bits per heavy atom. The lowest BCUT2D eigenvalue weighted by Crippen LogP contribution is -2.18. The van der Waals surface area contributed by atoms with Crippen LogP contribution >= 0.6 is 23.8 Å². The molecule has 2 N–H and O–H groups in total. The minimum atomic E-state index is 0.0456. The predicted molar refractivity (Wildman–Crippen MR) is 90.1 cm³/mol. The van der Waals surface area contributed by atoms with Crippen molar-refractivity contribution in [1.29, 1.82) is 0 Å². The first-order chi connectivity index (χ1) is 10.1. The lowest BCUT2D eigenvalue weighted by atomic mass is 9.89. The van der Waals surface area contributed by atoms with Crippen LogP contribution in [0.4, 0.5) is 0 Å². The van der Waals surface area contributed by atoms with Gasteiger partial charge in [-0.25, -0.2) is 0 Å². The Labute approximate surface area is 134 Å². The summed E-state index contributed by atoms with van der Waals surface area (Å²) in [6, 6.07) is 13.8. The minimum Gasteiger partial charge on any atom is -0.485 e. The molecule has 3 rings (SSSR count). The number of benzene rings is 2. The molecule has 2 aromatic carbocycles. The maximum absolute atomic E-state index is 6.20. The highest BCUT2D eigenvalue weighted by atomic mass is 35.5. The third-order valence-corrected chi connectivity index (χ3v) is 4.25. The van der Waals surface area contributed by atoms with E-state index in [0.717, 1.165) is 19.3 Å². The Bertz CT molecular complexity index is 686. The molecule has 0 bridgehead atoms. The summed E-state index contributed by atoms with van der Waals surface area (Å²) < 4.78 is 6.20. The van der Waals surface area contributed by atoms with E-state index in [1.165, 1.54) is 11.1 Å². The molecule has 0 fully saturated rings. The molecule has 0 saturated heterocycles. The molecular formula is C17H16ClNOS. The lowest BCUT2D eigenvalue weighted by molar-refractivity contribution is 0.183. The van der Waals surface area contributed by atoms with Gasteiger partial charge in [-0.2, -0.15) is 0 Å². The van der Waals surface area contributed by atoms with Crippen LogP contribution in [0.5, 0.6) is 5.75 Å². The Hall–Kier alpha value is -1.58. The van der Waals surface area contributed by atoms with Crippen molar-refractivity contribution < 1.29 is 4.74 Å². The van der Waals surface area contributed by atoms with Gasteiger partial charge in [-0.15, -0.1) is 0 Å². The molecule has 4 heteroatoms. The number of fused-ring (bicyclic) bond motifs is 1. The molecule has 0 heterocycles. The van der Waals surface area contributed by atoms with Gasteiger partial charge in [0.1, 0.15) is 16.8 Å². The SMILES string of the molecule is NC(=S)c1cc(Cl)ccc1OC1CCCc2ccccc21. The standard InChI is InChI=1S/C17H16ClNOS/c18-12-8-9-16(14(10-12)17(19)21)20-15-7-3-5-11-4-1-2-6-13(11)15/h1-2,4,6,8-10,15H,3,5,7H2,(H2,19,21). The second kappa shape index (κ2) is 6.04. The van der Waals surface area contributed by atoms with Crippen LogP contribution in [0.15, 0.2) is 42.5 Å². The van der Waals surface area contributed by atoms with E-state index in [-0.39, 0.29) is 6.10 Å². The van der Waals surface area contributed by atoms with Crippen molar-refractivity contribution in [3.05, 3.63) is 64.2 Å². The largest absolute Gasteiger partial charge is 0.485 e. The van der Waals surface area contributed by atoms with Gasteiger partial charge in [-0.3, -0.25) is 0 Å². The van der Waals surface area contributed by atoms with Crippen LogP contribution in [0.3, 0.4) is 0 Å². The molecule has 108 valence electrons. The first-order valence-electron chi connectivity index (χ1n) is 6.99. The van der Waals surface area contributed by atoms with Gasteiger partial charge in [0.2, 0.25) is 0 Å². The molecule has 0 aliphatic heterocycles. The van der Waals surface area contributed by atoms with E-state index in [2.05, 4.69) is 24.3 Å². The van der Waals surface area contributed by atoms with E-state index in [1.54, 1.807) is 12.1 Å². The van der Waals surface area contributed by atoms with Gasteiger partial charge in [0.15, 0.2) is 0 Å². The fourth-order valence-electron chi connectivity index (χ4n) is 2.78. The average Bonchev–Trinajstić information content (AvgIpc) is 2.49. The lowest BCUT2D eigenvalue weighted by Gasteiger charge is -2.27. The first kappa shape index (κ1) is 14.4. The van der Waals surface area contributed by atoms with E-state index < -0.39 is 0 Å². The van der Waals surface area contributed by atoms with Crippen molar-refractivity contribution in [3.8, 4) is 5.75 Å². The first-order valence-corrected chi connectivity index (χ1v) is 7.77. The fraction of sp³-hybridized carbons (Fsp3) is 0.235. The van der Waals surface area contributed by atoms with E-state index in [9.17, 15) is 0 Å². The monoisotopic (exact) mass is 317 g/mol. The molecular weight excluding hydrogens is 302 g/mol. The van der Waals surface area contributed by atoms with Crippen LogP contribution < -0.4 is 10.5 Å². The van der Waals surface area contributed by atoms with Gasteiger partial charge in [0.05, 0.1) is 5.56 Å². The highest BCUT2D eigenvalue weighted by Crippen LogP contribution is 2.35. The van der Waals surface area contributed by atoms with Crippen molar-refractivity contribution in [2.45, 2.75) is 25.4 Å². The van der Waals surface area contributed by atoms with Crippen molar-refractivity contribution in [3.63, 3.8) is 0 Å². The van der Waals surface area contributed by atoms with Crippen molar-refractivity contribution >= 4 is 28.8 Å².